The Morgan fingerprint density at radius 1 is 1.09 bits per heavy atom. The third kappa shape index (κ3) is 4.95. The van der Waals surface area contributed by atoms with E-state index >= 15 is 0 Å². The van der Waals surface area contributed by atoms with Gasteiger partial charge in [-0.1, -0.05) is 44.2 Å². The zero-order valence-corrected chi connectivity index (χ0v) is 20.5. The molecule has 0 saturated carbocycles. The van der Waals surface area contributed by atoms with Gasteiger partial charge >= 0.3 is 0 Å². The molecule has 0 spiro atoms. The number of thiazole rings is 1. The number of carbonyl (C=O) groups is 1. The molecule has 7 nitrogen and oxygen atoms in total. The van der Waals surface area contributed by atoms with Gasteiger partial charge in [-0.2, -0.15) is 4.31 Å². The molecule has 174 valence electrons. The zero-order valence-electron chi connectivity index (χ0n) is 18.8. The molecule has 2 heterocycles. The molecule has 0 bridgehead atoms. The van der Waals surface area contributed by atoms with E-state index in [4.69, 9.17) is 0 Å². The Bertz CT molecular complexity index is 1220. The zero-order chi connectivity index (χ0) is 23.4. The molecule has 3 aromatic rings. The molecule has 9 heteroatoms. The van der Waals surface area contributed by atoms with Gasteiger partial charge in [-0.25, -0.2) is 13.4 Å². The number of carbonyl (C=O) groups excluding carboxylic acids is 1. The molecule has 1 aliphatic heterocycles. The van der Waals surface area contributed by atoms with Gasteiger partial charge in [-0.05, 0) is 31.0 Å². The second kappa shape index (κ2) is 10.0. The van der Waals surface area contributed by atoms with Crippen LogP contribution in [0.5, 0.6) is 0 Å². The third-order valence-corrected chi connectivity index (χ3v) is 8.60. The van der Waals surface area contributed by atoms with Crippen molar-refractivity contribution in [1.82, 2.24) is 9.29 Å². The fourth-order valence-corrected chi connectivity index (χ4v) is 6.24. The molecular weight excluding hydrogens is 456 g/mol. The largest absolute Gasteiger partial charge is 0.371 e. The van der Waals surface area contributed by atoms with E-state index in [1.54, 1.807) is 26.0 Å². The first-order chi connectivity index (χ1) is 15.9. The van der Waals surface area contributed by atoms with E-state index in [1.165, 1.54) is 21.7 Å². The molecule has 0 radical (unpaired) electrons. The Hall–Kier alpha value is -2.75. The van der Waals surface area contributed by atoms with Crippen molar-refractivity contribution < 1.29 is 13.2 Å². The summed E-state index contributed by atoms with van der Waals surface area (Å²) in [5, 5.41) is 5.25. The molecular formula is C24H28N4O3S2. The summed E-state index contributed by atoms with van der Waals surface area (Å²) in [6.45, 7) is 6.04. The van der Waals surface area contributed by atoms with Crippen molar-refractivity contribution in [3.8, 4) is 11.3 Å². The van der Waals surface area contributed by atoms with Gasteiger partial charge in [0.15, 0.2) is 5.13 Å². The second-order valence-electron chi connectivity index (χ2n) is 7.82. The van der Waals surface area contributed by atoms with Crippen molar-refractivity contribution in [2.45, 2.75) is 31.6 Å². The van der Waals surface area contributed by atoms with Gasteiger partial charge in [-0.15, -0.1) is 11.3 Å². The average molecular weight is 485 g/mol. The van der Waals surface area contributed by atoms with Crippen molar-refractivity contribution in [3.63, 3.8) is 0 Å². The number of nitrogens with one attached hydrogen (secondary N) is 1. The Kier molecular flexibility index (Phi) is 7.11. The number of rotatable bonds is 8. The summed E-state index contributed by atoms with van der Waals surface area (Å²) in [5.41, 5.74) is 2.86. The van der Waals surface area contributed by atoms with Crippen LogP contribution in [0.3, 0.4) is 0 Å². The molecule has 1 saturated heterocycles. The molecule has 1 aromatic heterocycles. The molecule has 4 rings (SSSR count). The van der Waals surface area contributed by atoms with Gasteiger partial charge in [0.25, 0.3) is 5.91 Å². The van der Waals surface area contributed by atoms with Crippen molar-refractivity contribution >= 4 is 38.1 Å². The van der Waals surface area contributed by atoms with Crippen LogP contribution in [0.4, 0.5) is 10.8 Å². The summed E-state index contributed by atoms with van der Waals surface area (Å²) in [7, 11) is -3.68. The molecule has 0 unspecified atom stereocenters. The highest BCUT2D eigenvalue weighted by molar-refractivity contribution is 7.89. The summed E-state index contributed by atoms with van der Waals surface area (Å²) < 4.78 is 27.6. The van der Waals surface area contributed by atoms with Crippen LogP contribution in [0.1, 0.15) is 37.0 Å². The fraction of sp³-hybridized carbons (Fsp3) is 0.333. The lowest BCUT2D eigenvalue weighted by Gasteiger charge is -2.23. The Morgan fingerprint density at radius 3 is 2.45 bits per heavy atom. The number of amides is 1. The maximum absolute atomic E-state index is 13.3. The minimum Gasteiger partial charge on any atom is -0.371 e. The van der Waals surface area contributed by atoms with Crippen LogP contribution in [-0.4, -0.2) is 49.8 Å². The van der Waals surface area contributed by atoms with Gasteiger partial charge in [0.05, 0.1) is 16.2 Å². The maximum Gasteiger partial charge on any atom is 0.259 e. The smallest absolute Gasteiger partial charge is 0.259 e. The van der Waals surface area contributed by atoms with Gasteiger partial charge in [0.1, 0.15) is 0 Å². The minimum absolute atomic E-state index is 0.128. The molecule has 0 atom stereocenters. The van der Waals surface area contributed by atoms with E-state index in [0.717, 1.165) is 42.9 Å². The van der Waals surface area contributed by atoms with Crippen molar-refractivity contribution in [2.75, 3.05) is 36.4 Å². The van der Waals surface area contributed by atoms with E-state index in [-0.39, 0.29) is 10.8 Å². The van der Waals surface area contributed by atoms with Crippen LogP contribution in [0.2, 0.25) is 0 Å². The Balaban J connectivity index is 1.67. The predicted octanol–water partition coefficient (Wildman–Crippen LogP) is 4.69. The van der Waals surface area contributed by atoms with Crippen LogP contribution in [0.25, 0.3) is 11.3 Å². The lowest BCUT2D eigenvalue weighted by atomic mass is 10.1. The molecule has 1 fully saturated rings. The molecule has 0 aliphatic carbocycles. The fourth-order valence-electron chi connectivity index (χ4n) is 4.04. The number of benzene rings is 2. The number of anilines is 2. The van der Waals surface area contributed by atoms with E-state index < -0.39 is 10.0 Å². The van der Waals surface area contributed by atoms with E-state index in [1.807, 2.05) is 35.7 Å². The average Bonchev–Trinajstić information content (AvgIpc) is 3.52. The lowest BCUT2D eigenvalue weighted by molar-refractivity contribution is 0.102. The van der Waals surface area contributed by atoms with Gasteiger partial charge in [0.2, 0.25) is 10.0 Å². The van der Waals surface area contributed by atoms with Crippen molar-refractivity contribution in [3.05, 3.63) is 59.5 Å². The van der Waals surface area contributed by atoms with Crippen LogP contribution in [-0.2, 0) is 10.0 Å². The molecule has 2 aromatic carbocycles. The number of hydrogen-bond acceptors (Lipinski definition) is 6. The normalized spacial score (nSPS) is 14.1. The number of hydrogen-bond donors (Lipinski definition) is 1. The SMILES string of the molecule is CCN(CC)S(=O)(=O)c1ccc(N2CCCC2)c(C(=O)Nc2nc(-c3ccccc3)cs2)c1. The van der Waals surface area contributed by atoms with Gasteiger partial charge in [0, 0.05) is 42.8 Å². The first-order valence-electron chi connectivity index (χ1n) is 11.2. The summed E-state index contributed by atoms with van der Waals surface area (Å²) in [5.74, 6) is -0.359. The summed E-state index contributed by atoms with van der Waals surface area (Å²) >= 11 is 1.34. The highest BCUT2D eigenvalue weighted by Gasteiger charge is 2.26. The molecule has 33 heavy (non-hydrogen) atoms. The maximum atomic E-state index is 13.3. The van der Waals surface area contributed by atoms with Gasteiger partial charge in [-0.3, -0.25) is 10.1 Å². The number of nitrogens with zero attached hydrogens (tertiary/aromatic N) is 3. The highest BCUT2D eigenvalue weighted by atomic mass is 32.2. The van der Waals surface area contributed by atoms with Crippen LogP contribution in [0, 0.1) is 0 Å². The first-order valence-corrected chi connectivity index (χ1v) is 13.5. The Labute approximate surface area is 199 Å². The molecule has 1 aliphatic rings. The lowest BCUT2D eigenvalue weighted by Crippen LogP contribution is -2.31. The van der Waals surface area contributed by atoms with E-state index in [2.05, 4.69) is 15.2 Å². The quantitative estimate of drug-likeness (QED) is 0.501. The van der Waals surface area contributed by atoms with Crippen LogP contribution < -0.4 is 10.2 Å². The minimum atomic E-state index is -3.68. The third-order valence-electron chi connectivity index (χ3n) is 5.80. The molecule has 1 N–H and O–H groups in total. The van der Waals surface area contributed by atoms with Crippen LogP contribution in [0.15, 0.2) is 58.8 Å². The van der Waals surface area contributed by atoms with Crippen molar-refractivity contribution in [2.24, 2.45) is 0 Å². The van der Waals surface area contributed by atoms with Crippen molar-refractivity contribution in [1.29, 1.82) is 0 Å². The predicted molar refractivity (Wildman–Crippen MR) is 133 cm³/mol. The number of aromatic nitrogens is 1. The summed E-state index contributed by atoms with van der Waals surface area (Å²) in [4.78, 5) is 20.2. The van der Waals surface area contributed by atoms with E-state index in [9.17, 15) is 13.2 Å². The van der Waals surface area contributed by atoms with Crippen LogP contribution >= 0.6 is 11.3 Å². The summed E-state index contributed by atoms with van der Waals surface area (Å²) in [6, 6.07) is 14.6. The Morgan fingerprint density at radius 2 is 1.79 bits per heavy atom. The monoisotopic (exact) mass is 484 g/mol. The number of sulfonamides is 1. The summed E-state index contributed by atoms with van der Waals surface area (Å²) in [6.07, 6.45) is 2.10. The first kappa shape index (κ1) is 23.4. The second-order valence-corrected chi connectivity index (χ2v) is 10.6. The van der Waals surface area contributed by atoms with E-state index in [0.29, 0.717) is 23.8 Å². The highest BCUT2D eigenvalue weighted by Crippen LogP contribution is 2.30. The standard InChI is InChI=1S/C24H28N4O3S2/c1-3-28(4-2)33(30,31)19-12-13-22(27-14-8-9-15-27)20(16-19)23(29)26-24-25-21(17-32-24)18-10-6-5-7-11-18/h5-7,10-13,16-17H,3-4,8-9,14-15H2,1-2H3,(H,25,26,29). The van der Waals surface area contributed by atoms with Gasteiger partial charge < -0.3 is 4.90 Å². The molecule has 1 amide bonds. The topological polar surface area (TPSA) is 82.6 Å².